The third-order valence-electron chi connectivity index (χ3n) is 3.86. The molecule has 3 aromatic carbocycles. The molecule has 0 saturated heterocycles. The highest BCUT2D eigenvalue weighted by Gasteiger charge is 2.02. The molecule has 3 heteroatoms. The van der Waals surface area contributed by atoms with E-state index in [4.69, 9.17) is 9.47 Å². The molecule has 0 radical (unpaired) electrons. The Morgan fingerprint density at radius 1 is 0.880 bits per heavy atom. The lowest BCUT2D eigenvalue weighted by molar-refractivity contribution is 0.306. The monoisotopic (exact) mass is 331 g/mol. The lowest BCUT2D eigenvalue weighted by atomic mass is 10.1. The van der Waals surface area contributed by atoms with Gasteiger partial charge in [-0.15, -0.1) is 0 Å². The first-order valence-corrected chi connectivity index (χ1v) is 8.20. The molecule has 0 N–H and O–H groups in total. The summed E-state index contributed by atoms with van der Waals surface area (Å²) in [6.45, 7) is 2.61. The normalized spacial score (nSPS) is 10.8. The maximum atomic E-state index is 5.98. The molecule has 25 heavy (non-hydrogen) atoms. The van der Waals surface area contributed by atoms with Crippen LogP contribution in [0.4, 0.5) is 5.69 Å². The Hall–Kier alpha value is -3.07. The van der Waals surface area contributed by atoms with Gasteiger partial charge in [-0.1, -0.05) is 42.0 Å². The van der Waals surface area contributed by atoms with E-state index in [2.05, 4.69) is 36.2 Å². The summed E-state index contributed by atoms with van der Waals surface area (Å²) < 4.78 is 11.1. The zero-order valence-corrected chi connectivity index (χ0v) is 14.5. The smallest absolute Gasteiger partial charge is 0.128 e. The van der Waals surface area contributed by atoms with E-state index in [1.807, 2.05) is 54.7 Å². The van der Waals surface area contributed by atoms with E-state index in [0.29, 0.717) is 6.61 Å². The van der Waals surface area contributed by atoms with Crippen molar-refractivity contribution < 1.29 is 9.47 Å². The molecule has 0 bridgehead atoms. The number of hydrogen-bond donors (Lipinski definition) is 0. The minimum absolute atomic E-state index is 0.535. The van der Waals surface area contributed by atoms with Crippen LogP contribution in [0.2, 0.25) is 0 Å². The predicted octanol–water partition coefficient (Wildman–Crippen LogP) is 5.33. The van der Waals surface area contributed by atoms with Crippen LogP contribution in [-0.4, -0.2) is 13.3 Å². The van der Waals surface area contributed by atoms with Gasteiger partial charge in [-0.3, -0.25) is 4.99 Å². The Morgan fingerprint density at radius 2 is 1.60 bits per heavy atom. The molecule has 0 amide bonds. The molecule has 0 aliphatic heterocycles. The van der Waals surface area contributed by atoms with Gasteiger partial charge in [0.05, 0.1) is 12.8 Å². The summed E-state index contributed by atoms with van der Waals surface area (Å²) in [6, 6.07) is 23.9. The summed E-state index contributed by atoms with van der Waals surface area (Å²) in [5.74, 6) is 1.64. The van der Waals surface area contributed by atoms with Gasteiger partial charge in [-0.05, 0) is 48.9 Å². The lowest BCUT2D eigenvalue weighted by Crippen LogP contribution is -1.98. The van der Waals surface area contributed by atoms with Gasteiger partial charge in [0, 0.05) is 11.8 Å². The van der Waals surface area contributed by atoms with Crippen LogP contribution < -0.4 is 9.47 Å². The summed E-state index contributed by atoms with van der Waals surface area (Å²) in [5.41, 5.74) is 4.21. The lowest BCUT2D eigenvalue weighted by Gasteiger charge is -2.09. The Balaban J connectivity index is 1.71. The number of hydrogen-bond acceptors (Lipinski definition) is 3. The highest BCUT2D eigenvalue weighted by Crippen LogP contribution is 2.21. The van der Waals surface area contributed by atoms with E-state index in [9.17, 15) is 0 Å². The molecule has 0 fully saturated rings. The molecular formula is C22H21NO2. The average Bonchev–Trinajstić information content (AvgIpc) is 2.67. The molecule has 3 aromatic rings. The van der Waals surface area contributed by atoms with Gasteiger partial charge in [-0.2, -0.15) is 0 Å². The first-order chi connectivity index (χ1) is 12.2. The maximum Gasteiger partial charge on any atom is 0.128 e. The second kappa shape index (κ2) is 8.15. The number of methoxy groups -OCH3 is 1. The van der Waals surface area contributed by atoms with Gasteiger partial charge in [0.15, 0.2) is 0 Å². The molecular weight excluding hydrogens is 310 g/mol. The van der Waals surface area contributed by atoms with Gasteiger partial charge >= 0.3 is 0 Å². The molecule has 0 aliphatic rings. The van der Waals surface area contributed by atoms with Crippen molar-refractivity contribution in [1.29, 1.82) is 0 Å². The predicted molar refractivity (Wildman–Crippen MR) is 102 cm³/mol. The van der Waals surface area contributed by atoms with E-state index >= 15 is 0 Å². The highest BCUT2D eigenvalue weighted by atomic mass is 16.5. The van der Waals surface area contributed by atoms with Crippen LogP contribution >= 0.6 is 0 Å². The molecule has 0 heterocycles. The summed E-state index contributed by atoms with van der Waals surface area (Å²) in [6.07, 6.45) is 1.83. The number of aryl methyl sites for hydroxylation is 1. The summed E-state index contributed by atoms with van der Waals surface area (Å²) in [7, 11) is 1.65. The number of para-hydroxylation sites is 1. The van der Waals surface area contributed by atoms with Crippen LogP contribution in [0.5, 0.6) is 11.5 Å². The van der Waals surface area contributed by atoms with Crippen molar-refractivity contribution in [2.45, 2.75) is 13.5 Å². The van der Waals surface area contributed by atoms with Gasteiger partial charge in [0.25, 0.3) is 0 Å². The molecule has 126 valence electrons. The zero-order chi connectivity index (χ0) is 17.5. The number of rotatable bonds is 6. The Kier molecular flexibility index (Phi) is 5.47. The van der Waals surface area contributed by atoms with Crippen LogP contribution in [0.15, 0.2) is 77.8 Å². The van der Waals surface area contributed by atoms with Crippen molar-refractivity contribution in [3.8, 4) is 11.5 Å². The van der Waals surface area contributed by atoms with Gasteiger partial charge in [-0.25, -0.2) is 0 Å². The summed E-state index contributed by atoms with van der Waals surface area (Å²) >= 11 is 0. The summed E-state index contributed by atoms with van der Waals surface area (Å²) in [5, 5.41) is 0. The minimum atomic E-state index is 0.535. The Labute approximate surface area is 148 Å². The third-order valence-corrected chi connectivity index (χ3v) is 3.86. The van der Waals surface area contributed by atoms with E-state index in [-0.39, 0.29) is 0 Å². The van der Waals surface area contributed by atoms with E-state index in [1.165, 1.54) is 5.56 Å². The van der Waals surface area contributed by atoms with Crippen molar-refractivity contribution >= 4 is 11.9 Å². The third kappa shape index (κ3) is 4.70. The second-order valence-corrected chi connectivity index (χ2v) is 5.77. The molecule has 0 aliphatic carbocycles. The largest absolute Gasteiger partial charge is 0.497 e. The molecule has 0 aromatic heterocycles. The van der Waals surface area contributed by atoms with Crippen molar-refractivity contribution in [3.05, 3.63) is 89.5 Å². The van der Waals surface area contributed by atoms with Gasteiger partial charge < -0.3 is 9.47 Å². The number of benzene rings is 3. The second-order valence-electron chi connectivity index (χ2n) is 5.77. The summed E-state index contributed by atoms with van der Waals surface area (Å²) in [4.78, 5) is 4.52. The molecule has 3 rings (SSSR count). The molecule has 0 saturated carbocycles. The van der Waals surface area contributed by atoms with Crippen LogP contribution in [0.25, 0.3) is 0 Å². The molecule has 0 spiro atoms. The molecule has 0 atom stereocenters. The van der Waals surface area contributed by atoms with Crippen molar-refractivity contribution in [1.82, 2.24) is 0 Å². The minimum Gasteiger partial charge on any atom is -0.497 e. The highest BCUT2D eigenvalue weighted by molar-refractivity contribution is 5.85. The van der Waals surface area contributed by atoms with Gasteiger partial charge in [0.1, 0.15) is 18.1 Å². The average molecular weight is 331 g/mol. The fraction of sp³-hybridized carbons (Fsp3) is 0.136. The SMILES string of the molecule is COc1ccc(N=Cc2ccccc2OCc2ccc(C)cc2)cc1. The van der Waals surface area contributed by atoms with E-state index in [1.54, 1.807) is 7.11 Å². The van der Waals surface area contributed by atoms with Gasteiger partial charge in [0.2, 0.25) is 0 Å². The Morgan fingerprint density at radius 3 is 2.32 bits per heavy atom. The maximum absolute atomic E-state index is 5.98. The van der Waals surface area contributed by atoms with Crippen molar-refractivity contribution in [3.63, 3.8) is 0 Å². The van der Waals surface area contributed by atoms with E-state index in [0.717, 1.165) is 28.3 Å². The fourth-order valence-corrected chi connectivity index (χ4v) is 2.38. The quantitative estimate of drug-likeness (QED) is 0.571. The van der Waals surface area contributed by atoms with E-state index < -0.39 is 0 Å². The number of nitrogens with zero attached hydrogens (tertiary/aromatic N) is 1. The standard InChI is InChI=1S/C22H21NO2/c1-17-7-9-18(10-8-17)16-25-22-6-4-3-5-19(22)15-23-20-11-13-21(24-2)14-12-20/h3-15H,16H2,1-2H3. The zero-order valence-electron chi connectivity index (χ0n) is 14.5. The van der Waals surface area contributed by atoms with Crippen molar-refractivity contribution in [2.75, 3.05) is 7.11 Å². The molecule has 0 unspecified atom stereocenters. The van der Waals surface area contributed by atoms with Crippen LogP contribution in [0.1, 0.15) is 16.7 Å². The van der Waals surface area contributed by atoms with Crippen molar-refractivity contribution in [2.24, 2.45) is 4.99 Å². The fourth-order valence-electron chi connectivity index (χ4n) is 2.38. The number of ether oxygens (including phenoxy) is 2. The van der Waals surface area contributed by atoms with Crippen LogP contribution in [0, 0.1) is 6.92 Å². The Bertz CT molecular complexity index is 837. The number of aliphatic imine (C=N–C) groups is 1. The van der Waals surface area contributed by atoms with Crippen LogP contribution in [0.3, 0.4) is 0 Å². The topological polar surface area (TPSA) is 30.8 Å². The first kappa shape index (κ1) is 16.8. The first-order valence-electron chi connectivity index (χ1n) is 8.20. The van der Waals surface area contributed by atoms with Crippen LogP contribution in [-0.2, 0) is 6.61 Å². The molecule has 3 nitrogen and oxygen atoms in total.